The fraction of sp³-hybridized carbons (Fsp3) is 0.143. The van der Waals surface area contributed by atoms with Crippen molar-refractivity contribution in [2.45, 2.75) is 11.1 Å². The molecule has 0 aliphatic carbocycles. The van der Waals surface area contributed by atoms with E-state index in [2.05, 4.69) is 0 Å². The van der Waals surface area contributed by atoms with Crippen LogP contribution in [-0.2, 0) is 17.3 Å². The minimum absolute atomic E-state index is 0. The summed E-state index contributed by atoms with van der Waals surface area (Å²) in [5.41, 5.74) is -0.832. The zero-order chi connectivity index (χ0) is 10.1. The topological polar surface area (TPSA) is 37.3 Å². The van der Waals surface area contributed by atoms with Crippen LogP contribution in [-0.4, -0.2) is 27.6 Å². The predicted molar refractivity (Wildman–Crippen MR) is 47.6 cm³/mol. The summed E-state index contributed by atoms with van der Waals surface area (Å²) in [4.78, 5) is -0.0481. The summed E-state index contributed by atoms with van der Waals surface area (Å²) in [5, 5.41) is 0. The molecule has 7 heteroatoms. The van der Waals surface area contributed by atoms with Crippen LogP contribution in [0.15, 0.2) is 29.2 Å². The van der Waals surface area contributed by atoms with Gasteiger partial charge in [0.2, 0.25) is 0 Å². The van der Waals surface area contributed by atoms with Crippen LogP contribution in [0, 0.1) is 0 Å². The minimum atomic E-state index is -4.41. The van der Waals surface area contributed by atoms with Crippen LogP contribution in [0.3, 0.4) is 0 Å². The second-order valence-corrected chi connectivity index (χ2v) is 3.24. The van der Waals surface area contributed by atoms with Crippen molar-refractivity contribution in [2.75, 3.05) is 0 Å². The Morgan fingerprint density at radius 1 is 1.14 bits per heavy atom. The summed E-state index contributed by atoms with van der Waals surface area (Å²) in [5.74, 6) is 0. The monoisotopic (exact) mass is 218 g/mol. The Morgan fingerprint density at radius 3 is 1.86 bits per heavy atom. The average molecular weight is 218 g/mol. The van der Waals surface area contributed by atoms with E-state index in [0.717, 1.165) is 24.3 Å². The molecule has 1 atom stereocenters. The van der Waals surface area contributed by atoms with Gasteiger partial charge in [-0.1, -0.05) is 0 Å². The fourth-order valence-electron chi connectivity index (χ4n) is 0.760. The van der Waals surface area contributed by atoms with Crippen molar-refractivity contribution in [1.29, 1.82) is 0 Å². The van der Waals surface area contributed by atoms with E-state index >= 15 is 0 Å². The van der Waals surface area contributed by atoms with Gasteiger partial charge in [-0.05, 0) is 24.3 Å². The van der Waals surface area contributed by atoms with Crippen LogP contribution >= 0.6 is 0 Å². The van der Waals surface area contributed by atoms with Crippen LogP contribution in [0.2, 0.25) is 0 Å². The van der Waals surface area contributed by atoms with E-state index in [1.807, 2.05) is 0 Å². The van der Waals surface area contributed by atoms with E-state index < -0.39 is 22.8 Å². The predicted octanol–water partition coefficient (Wildman–Crippen LogP) is 1.64. The van der Waals surface area contributed by atoms with Gasteiger partial charge in [-0.25, -0.2) is 4.21 Å². The number of hydrogen-bond donors (Lipinski definition) is 1. The Labute approximate surface area is 93.0 Å². The third-order valence-corrected chi connectivity index (χ3v) is 2.06. The quantitative estimate of drug-likeness (QED) is 0.574. The van der Waals surface area contributed by atoms with Crippen molar-refractivity contribution >= 4 is 29.9 Å². The number of benzene rings is 1. The molecular weight excluding hydrogens is 212 g/mol. The molecule has 0 saturated carbocycles. The summed E-state index contributed by atoms with van der Waals surface area (Å²) in [6.07, 6.45) is -4.41. The van der Waals surface area contributed by atoms with Crippen molar-refractivity contribution in [2.24, 2.45) is 0 Å². The molecule has 0 aliphatic heterocycles. The normalized spacial score (nSPS) is 13.1. The molecule has 0 heterocycles. The van der Waals surface area contributed by atoms with Gasteiger partial charge in [-0.15, -0.1) is 0 Å². The van der Waals surface area contributed by atoms with Crippen molar-refractivity contribution in [3.8, 4) is 0 Å². The van der Waals surface area contributed by atoms with E-state index in [4.69, 9.17) is 4.55 Å². The fourth-order valence-corrected chi connectivity index (χ4v) is 1.13. The maximum atomic E-state index is 12.0. The molecule has 0 amide bonds. The van der Waals surface area contributed by atoms with Crippen molar-refractivity contribution in [3.05, 3.63) is 29.8 Å². The molecular formula is C7H6F3LiO2S. The molecule has 1 rings (SSSR count). The molecule has 0 radical (unpaired) electrons. The Morgan fingerprint density at radius 2 is 1.57 bits per heavy atom. The summed E-state index contributed by atoms with van der Waals surface area (Å²) in [7, 11) is 0. The molecule has 1 unspecified atom stereocenters. The van der Waals surface area contributed by atoms with Gasteiger partial charge in [0.05, 0.1) is 10.5 Å². The average Bonchev–Trinajstić information content (AvgIpc) is 2.03. The van der Waals surface area contributed by atoms with Crippen LogP contribution < -0.4 is 0 Å². The molecule has 0 saturated heterocycles. The second-order valence-electron chi connectivity index (χ2n) is 2.27. The summed E-state index contributed by atoms with van der Waals surface area (Å²) in [6.45, 7) is 0. The van der Waals surface area contributed by atoms with Crippen molar-refractivity contribution in [3.63, 3.8) is 0 Å². The van der Waals surface area contributed by atoms with Gasteiger partial charge in [0.15, 0.2) is 11.1 Å². The molecule has 1 aromatic rings. The van der Waals surface area contributed by atoms with E-state index in [1.165, 1.54) is 0 Å². The second kappa shape index (κ2) is 4.98. The molecule has 0 spiro atoms. The van der Waals surface area contributed by atoms with Gasteiger partial charge >= 0.3 is 25.0 Å². The Bertz CT molecular complexity index is 323. The van der Waals surface area contributed by atoms with E-state index in [-0.39, 0.29) is 23.8 Å². The zero-order valence-electron chi connectivity index (χ0n) is 6.21. The van der Waals surface area contributed by atoms with Gasteiger partial charge in [0.25, 0.3) is 0 Å². The first kappa shape index (κ1) is 13.7. The van der Waals surface area contributed by atoms with Crippen LogP contribution in [0.1, 0.15) is 5.56 Å². The third-order valence-electron chi connectivity index (χ3n) is 1.38. The van der Waals surface area contributed by atoms with Crippen LogP contribution in [0.25, 0.3) is 0 Å². The van der Waals surface area contributed by atoms with Gasteiger partial charge in [0.1, 0.15) is 0 Å². The summed E-state index contributed by atoms with van der Waals surface area (Å²) in [6, 6.07) is 3.48. The maximum absolute atomic E-state index is 12.0. The van der Waals surface area contributed by atoms with Crippen LogP contribution in [0.4, 0.5) is 13.2 Å². The molecule has 14 heavy (non-hydrogen) atoms. The first-order valence-corrected chi connectivity index (χ1v) is 4.30. The number of alkyl halides is 3. The Balaban J connectivity index is 0.00000169. The molecule has 2 nitrogen and oxygen atoms in total. The van der Waals surface area contributed by atoms with Crippen molar-refractivity contribution in [1.82, 2.24) is 0 Å². The summed E-state index contributed by atoms with van der Waals surface area (Å²) < 4.78 is 54.8. The Hall–Kier alpha value is -0.283. The molecule has 1 aromatic carbocycles. The molecule has 0 aliphatic rings. The first-order valence-electron chi connectivity index (χ1n) is 3.19. The molecule has 0 fully saturated rings. The summed E-state index contributed by atoms with van der Waals surface area (Å²) >= 11 is -2.23. The molecule has 0 aromatic heterocycles. The first-order chi connectivity index (χ1) is 5.91. The third kappa shape index (κ3) is 3.46. The van der Waals surface area contributed by atoms with Crippen molar-refractivity contribution < 1.29 is 21.9 Å². The molecule has 74 valence electrons. The number of hydrogen-bond acceptors (Lipinski definition) is 1. The Kier molecular flexibility index (Phi) is 4.88. The van der Waals surface area contributed by atoms with Gasteiger partial charge < -0.3 is 4.55 Å². The SMILES string of the molecule is O=S(O)c1ccc(C(F)(F)F)cc1.[LiH]. The van der Waals surface area contributed by atoms with E-state index in [1.54, 1.807) is 0 Å². The standard InChI is InChI=1S/C7H5F3O2S.Li.H/c8-7(9,10)5-1-3-6(4-2-5)13(11)12;;/h1-4H,(H,11,12);;. The number of rotatable bonds is 1. The van der Waals surface area contributed by atoms with Gasteiger partial charge in [0, 0.05) is 0 Å². The molecule has 1 N–H and O–H groups in total. The zero-order valence-corrected chi connectivity index (χ0v) is 7.02. The number of halogens is 3. The van der Waals surface area contributed by atoms with E-state index in [0.29, 0.717) is 0 Å². The molecule has 0 bridgehead atoms. The van der Waals surface area contributed by atoms with Gasteiger partial charge in [-0.3, -0.25) is 0 Å². The van der Waals surface area contributed by atoms with Crippen LogP contribution in [0.5, 0.6) is 0 Å². The van der Waals surface area contributed by atoms with E-state index in [9.17, 15) is 17.4 Å². The van der Waals surface area contributed by atoms with Gasteiger partial charge in [-0.2, -0.15) is 13.2 Å².